The number of ether oxygens (including phenoxy) is 1. The van der Waals surface area contributed by atoms with Gasteiger partial charge in [-0.1, -0.05) is 0 Å². The van der Waals surface area contributed by atoms with E-state index in [-0.39, 0.29) is 31.0 Å². The van der Waals surface area contributed by atoms with E-state index in [1.54, 1.807) is 11.9 Å². The van der Waals surface area contributed by atoms with Crippen LogP contribution in [0.25, 0.3) is 0 Å². The highest BCUT2D eigenvalue weighted by Gasteiger charge is 2.37. The maximum absolute atomic E-state index is 12.4. The Morgan fingerprint density at radius 1 is 1.22 bits per heavy atom. The van der Waals surface area contributed by atoms with E-state index >= 15 is 0 Å². The first-order valence-electron chi connectivity index (χ1n) is 7.94. The number of rotatable bonds is 4. The molecule has 1 unspecified atom stereocenters. The largest absolute Gasteiger partial charge is 0.440 e. The molecule has 0 aromatic rings. The van der Waals surface area contributed by atoms with Crippen LogP contribution in [-0.4, -0.2) is 60.8 Å². The van der Waals surface area contributed by atoms with Crippen molar-refractivity contribution < 1.29 is 27.5 Å². The van der Waals surface area contributed by atoms with Gasteiger partial charge in [0.25, 0.3) is 0 Å². The number of amides is 2. The van der Waals surface area contributed by atoms with E-state index < -0.39 is 18.9 Å². The molecule has 2 fully saturated rings. The highest BCUT2D eigenvalue weighted by atomic mass is 19.4. The van der Waals surface area contributed by atoms with Crippen molar-refractivity contribution in [2.45, 2.75) is 44.8 Å². The fourth-order valence-electron chi connectivity index (χ4n) is 2.93. The third kappa shape index (κ3) is 5.00. The van der Waals surface area contributed by atoms with Crippen LogP contribution in [0.15, 0.2) is 0 Å². The van der Waals surface area contributed by atoms with Crippen molar-refractivity contribution >= 4 is 12.0 Å². The van der Waals surface area contributed by atoms with Gasteiger partial charge in [0, 0.05) is 32.1 Å². The molecular formula is C15H23F3N2O3. The van der Waals surface area contributed by atoms with Crippen molar-refractivity contribution in [1.82, 2.24) is 9.80 Å². The zero-order valence-corrected chi connectivity index (χ0v) is 13.4. The average Bonchev–Trinajstić information content (AvgIpc) is 3.34. The molecule has 2 amide bonds. The number of carbonyl (C=O) groups is 2. The second-order valence-electron chi connectivity index (χ2n) is 6.46. The molecule has 0 spiro atoms. The van der Waals surface area contributed by atoms with Crippen molar-refractivity contribution in [2.75, 3.05) is 26.7 Å². The van der Waals surface area contributed by atoms with Crippen LogP contribution in [-0.2, 0) is 9.53 Å². The number of alkyl halides is 3. The van der Waals surface area contributed by atoms with Crippen LogP contribution in [0.4, 0.5) is 18.0 Å². The van der Waals surface area contributed by atoms with E-state index in [0.29, 0.717) is 18.8 Å². The monoisotopic (exact) mass is 336 g/mol. The molecule has 1 atom stereocenters. The van der Waals surface area contributed by atoms with E-state index in [1.807, 2.05) is 6.92 Å². The first-order chi connectivity index (χ1) is 10.7. The lowest BCUT2D eigenvalue weighted by molar-refractivity contribution is -0.162. The number of nitrogens with zero attached hydrogens (tertiary/aromatic N) is 2. The minimum Gasteiger partial charge on any atom is -0.440 e. The standard InChI is InChI=1S/C15H23F3N2O3/c1-10(11-3-4-11)19(2)13(21)12-5-7-20(8-6-12)14(22)23-9-15(16,17)18/h10-12H,3-9H2,1-2H3. The van der Waals surface area contributed by atoms with Gasteiger partial charge < -0.3 is 14.5 Å². The summed E-state index contributed by atoms with van der Waals surface area (Å²) in [7, 11) is 1.80. The van der Waals surface area contributed by atoms with E-state index in [2.05, 4.69) is 4.74 Å². The van der Waals surface area contributed by atoms with Gasteiger partial charge in [0.15, 0.2) is 6.61 Å². The summed E-state index contributed by atoms with van der Waals surface area (Å²) < 4.78 is 40.4. The number of piperidine rings is 1. The molecule has 23 heavy (non-hydrogen) atoms. The second kappa shape index (κ2) is 6.97. The zero-order chi connectivity index (χ0) is 17.2. The fourth-order valence-corrected chi connectivity index (χ4v) is 2.93. The summed E-state index contributed by atoms with van der Waals surface area (Å²) in [4.78, 5) is 27.0. The Balaban J connectivity index is 1.76. The van der Waals surface area contributed by atoms with Gasteiger partial charge in [-0.2, -0.15) is 13.2 Å². The van der Waals surface area contributed by atoms with Gasteiger partial charge in [0.1, 0.15) is 0 Å². The molecule has 0 N–H and O–H groups in total. The Morgan fingerprint density at radius 3 is 2.26 bits per heavy atom. The maximum atomic E-state index is 12.4. The van der Waals surface area contributed by atoms with Gasteiger partial charge in [-0.3, -0.25) is 4.79 Å². The molecule has 1 aliphatic heterocycles. The van der Waals surface area contributed by atoms with Crippen LogP contribution in [0.5, 0.6) is 0 Å². The number of halogens is 3. The first kappa shape index (κ1) is 17.9. The molecule has 8 heteroatoms. The first-order valence-corrected chi connectivity index (χ1v) is 7.94. The molecule has 1 aliphatic carbocycles. The smallest absolute Gasteiger partial charge is 0.422 e. The second-order valence-corrected chi connectivity index (χ2v) is 6.46. The molecule has 1 heterocycles. The van der Waals surface area contributed by atoms with Gasteiger partial charge in [0.05, 0.1) is 0 Å². The zero-order valence-electron chi connectivity index (χ0n) is 13.4. The van der Waals surface area contributed by atoms with Crippen LogP contribution >= 0.6 is 0 Å². The average molecular weight is 336 g/mol. The Bertz CT molecular complexity index is 444. The Labute approximate surface area is 133 Å². The normalized spacial score (nSPS) is 21.0. The molecular weight excluding hydrogens is 313 g/mol. The van der Waals surface area contributed by atoms with Crippen molar-refractivity contribution in [2.24, 2.45) is 11.8 Å². The quantitative estimate of drug-likeness (QED) is 0.793. The molecule has 0 bridgehead atoms. The SMILES string of the molecule is CC(C1CC1)N(C)C(=O)C1CCN(C(=O)OCC(F)(F)F)CC1. The van der Waals surface area contributed by atoms with E-state index in [1.165, 1.54) is 4.90 Å². The van der Waals surface area contributed by atoms with E-state index in [0.717, 1.165) is 12.8 Å². The topological polar surface area (TPSA) is 49.9 Å². The lowest BCUT2D eigenvalue weighted by atomic mass is 9.95. The minimum atomic E-state index is -4.52. The van der Waals surface area contributed by atoms with Crippen molar-refractivity contribution in [3.8, 4) is 0 Å². The van der Waals surface area contributed by atoms with Gasteiger partial charge >= 0.3 is 12.3 Å². The molecule has 1 saturated heterocycles. The van der Waals surface area contributed by atoms with Gasteiger partial charge in [-0.25, -0.2) is 4.79 Å². The third-order valence-corrected chi connectivity index (χ3v) is 4.72. The Kier molecular flexibility index (Phi) is 5.41. The summed E-state index contributed by atoms with van der Waals surface area (Å²) in [6, 6.07) is 0.220. The van der Waals surface area contributed by atoms with Crippen LogP contribution in [0, 0.1) is 11.8 Å². The summed E-state index contributed by atoms with van der Waals surface area (Å²) in [5, 5.41) is 0. The predicted molar refractivity (Wildman–Crippen MR) is 76.7 cm³/mol. The van der Waals surface area contributed by atoms with Crippen LogP contribution in [0.3, 0.4) is 0 Å². The number of hydrogen-bond donors (Lipinski definition) is 0. The molecule has 0 aromatic carbocycles. The van der Waals surface area contributed by atoms with Gasteiger partial charge in [-0.05, 0) is 38.5 Å². The lowest BCUT2D eigenvalue weighted by Gasteiger charge is -2.34. The molecule has 1 saturated carbocycles. The van der Waals surface area contributed by atoms with Crippen LogP contribution < -0.4 is 0 Å². The number of hydrogen-bond acceptors (Lipinski definition) is 3. The van der Waals surface area contributed by atoms with E-state index in [4.69, 9.17) is 0 Å². The van der Waals surface area contributed by atoms with Gasteiger partial charge in [-0.15, -0.1) is 0 Å². The molecule has 0 radical (unpaired) electrons. The summed E-state index contributed by atoms with van der Waals surface area (Å²) in [5.74, 6) is 0.474. The number of likely N-dealkylation sites (tertiary alicyclic amines) is 1. The molecule has 132 valence electrons. The third-order valence-electron chi connectivity index (χ3n) is 4.72. The molecule has 2 rings (SSSR count). The van der Waals surface area contributed by atoms with Crippen LogP contribution in [0.2, 0.25) is 0 Å². The van der Waals surface area contributed by atoms with Gasteiger partial charge in [0.2, 0.25) is 5.91 Å². The highest BCUT2D eigenvalue weighted by Crippen LogP contribution is 2.35. The molecule has 0 aromatic heterocycles. The number of carbonyl (C=O) groups excluding carboxylic acids is 2. The Hall–Kier alpha value is -1.47. The van der Waals surface area contributed by atoms with Crippen molar-refractivity contribution in [1.29, 1.82) is 0 Å². The molecule has 5 nitrogen and oxygen atoms in total. The summed E-state index contributed by atoms with van der Waals surface area (Å²) in [6.07, 6.45) is -2.26. The molecule has 2 aliphatic rings. The predicted octanol–water partition coefficient (Wildman–Crippen LogP) is 2.65. The lowest BCUT2D eigenvalue weighted by Crippen LogP contribution is -2.46. The fraction of sp³-hybridized carbons (Fsp3) is 0.867. The van der Waals surface area contributed by atoms with Crippen LogP contribution in [0.1, 0.15) is 32.6 Å². The summed E-state index contributed by atoms with van der Waals surface area (Å²) >= 11 is 0. The highest BCUT2D eigenvalue weighted by molar-refractivity contribution is 5.79. The Morgan fingerprint density at radius 2 is 1.78 bits per heavy atom. The maximum Gasteiger partial charge on any atom is 0.422 e. The van der Waals surface area contributed by atoms with Crippen molar-refractivity contribution in [3.63, 3.8) is 0 Å². The van der Waals surface area contributed by atoms with Crippen molar-refractivity contribution in [3.05, 3.63) is 0 Å². The summed E-state index contributed by atoms with van der Waals surface area (Å²) in [5.41, 5.74) is 0. The summed E-state index contributed by atoms with van der Waals surface area (Å²) in [6.45, 7) is 0.961. The van der Waals surface area contributed by atoms with E-state index in [9.17, 15) is 22.8 Å². The minimum absolute atomic E-state index is 0.0627.